The largest absolute Gasteiger partial charge is 0.308 e. The van der Waals surface area contributed by atoms with Crippen LogP contribution in [0, 0.1) is 0 Å². The van der Waals surface area contributed by atoms with Gasteiger partial charge in [-0.1, -0.05) is 42.5 Å². The quantitative estimate of drug-likeness (QED) is 0.284. The van der Waals surface area contributed by atoms with Gasteiger partial charge < -0.3 is 4.57 Å². The highest BCUT2D eigenvalue weighted by molar-refractivity contribution is 7.25. The average molecular weight is 428 g/mol. The SMILES string of the molecule is c1ccc(-n2c3cc4sc5ccccc5c4cc3c3ncc(-c4ccccn4)cc32)cc1. The number of rotatable bonds is 2. The molecule has 0 bridgehead atoms. The summed E-state index contributed by atoms with van der Waals surface area (Å²) in [5.74, 6) is 0. The molecule has 0 unspecified atom stereocenters. The van der Waals surface area contributed by atoms with E-state index in [0.29, 0.717) is 0 Å². The van der Waals surface area contributed by atoms with Crippen molar-refractivity contribution < 1.29 is 0 Å². The zero-order valence-electron chi connectivity index (χ0n) is 17.1. The van der Waals surface area contributed by atoms with E-state index in [1.807, 2.05) is 41.9 Å². The lowest BCUT2D eigenvalue weighted by Gasteiger charge is -2.08. The first-order valence-corrected chi connectivity index (χ1v) is 11.4. The van der Waals surface area contributed by atoms with Crippen LogP contribution in [0.3, 0.4) is 0 Å². The van der Waals surface area contributed by atoms with Crippen molar-refractivity contribution in [1.29, 1.82) is 0 Å². The second kappa shape index (κ2) is 6.74. The van der Waals surface area contributed by atoms with Gasteiger partial charge >= 0.3 is 0 Å². The molecule has 3 nitrogen and oxygen atoms in total. The maximum atomic E-state index is 4.95. The van der Waals surface area contributed by atoms with Crippen LogP contribution in [-0.2, 0) is 0 Å². The van der Waals surface area contributed by atoms with Crippen molar-refractivity contribution in [2.45, 2.75) is 0 Å². The summed E-state index contributed by atoms with van der Waals surface area (Å²) in [6.07, 6.45) is 3.76. The molecule has 0 N–H and O–H groups in total. The Kier molecular flexibility index (Phi) is 3.72. The summed E-state index contributed by atoms with van der Waals surface area (Å²) in [5.41, 5.74) is 6.37. The van der Waals surface area contributed by atoms with Gasteiger partial charge in [-0.3, -0.25) is 9.97 Å². The predicted octanol–water partition coefficient (Wildman–Crippen LogP) is 7.61. The van der Waals surface area contributed by atoms with Gasteiger partial charge in [-0.2, -0.15) is 0 Å². The maximum Gasteiger partial charge on any atom is 0.0964 e. The molecule has 0 aliphatic rings. The fourth-order valence-electron chi connectivity index (χ4n) is 4.63. The Labute approximate surface area is 188 Å². The van der Waals surface area contributed by atoms with Crippen LogP contribution in [-0.4, -0.2) is 14.5 Å². The molecule has 0 aliphatic heterocycles. The van der Waals surface area contributed by atoms with Crippen molar-refractivity contribution in [3.63, 3.8) is 0 Å². The smallest absolute Gasteiger partial charge is 0.0964 e. The number of nitrogens with zero attached hydrogens (tertiary/aromatic N) is 3. The lowest BCUT2D eigenvalue weighted by Crippen LogP contribution is -1.94. The minimum atomic E-state index is 0.929. The van der Waals surface area contributed by atoms with Crippen LogP contribution in [0.15, 0.2) is 103 Å². The Hall–Kier alpha value is -4.02. The number of benzene rings is 3. The van der Waals surface area contributed by atoms with Crippen LogP contribution in [0.25, 0.3) is 59.1 Å². The predicted molar refractivity (Wildman–Crippen MR) is 135 cm³/mol. The number of aromatic nitrogens is 3. The van der Waals surface area contributed by atoms with E-state index in [4.69, 9.17) is 4.98 Å². The van der Waals surface area contributed by atoms with Crippen molar-refractivity contribution in [3.05, 3.63) is 103 Å². The average Bonchev–Trinajstić information content (AvgIpc) is 3.38. The molecule has 0 fully saturated rings. The van der Waals surface area contributed by atoms with E-state index >= 15 is 0 Å². The van der Waals surface area contributed by atoms with Crippen LogP contribution in [0.5, 0.6) is 0 Å². The molecule has 0 saturated carbocycles. The Morgan fingerprint density at radius 2 is 1.47 bits per heavy atom. The molecule has 0 amide bonds. The van der Waals surface area contributed by atoms with Gasteiger partial charge in [-0.25, -0.2) is 0 Å². The molecule has 7 rings (SSSR count). The Morgan fingerprint density at radius 1 is 0.625 bits per heavy atom. The highest BCUT2D eigenvalue weighted by atomic mass is 32.1. The third-order valence-electron chi connectivity index (χ3n) is 6.07. The summed E-state index contributed by atoms with van der Waals surface area (Å²) >= 11 is 1.85. The lowest BCUT2D eigenvalue weighted by molar-refractivity contribution is 1.18. The molecular formula is C28H17N3S. The molecule has 0 saturated heterocycles. The topological polar surface area (TPSA) is 30.7 Å². The second-order valence-corrected chi connectivity index (χ2v) is 9.03. The zero-order chi connectivity index (χ0) is 21.1. The van der Waals surface area contributed by atoms with Crippen LogP contribution in [0.4, 0.5) is 0 Å². The third-order valence-corrected chi connectivity index (χ3v) is 7.21. The van der Waals surface area contributed by atoms with E-state index in [1.54, 1.807) is 0 Å². The summed E-state index contributed by atoms with van der Waals surface area (Å²) in [7, 11) is 0. The van der Waals surface area contributed by atoms with E-state index in [0.717, 1.165) is 28.0 Å². The van der Waals surface area contributed by atoms with E-state index in [2.05, 4.69) is 82.3 Å². The number of fused-ring (bicyclic) bond motifs is 6. The molecule has 0 aliphatic carbocycles. The lowest BCUT2D eigenvalue weighted by atomic mass is 10.1. The van der Waals surface area contributed by atoms with Crippen LogP contribution < -0.4 is 0 Å². The first kappa shape index (κ1) is 17.6. The summed E-state index contributed by atoms with van der Waals surface area (Å²) in [5, 5.41) is 3.77. The minimum absolute atomic E-state index is 0.929. The van der Waals surface area contributed by atoms with Crippen molar-refractivity contribution in [2.24, 2.45) is 0 Å². The van der Waals surface area contributed by atoms with Gasteiger partial charge in [0.1, 0.15) is 0 Å². The molecule has 0 atom stereocenters. The van der Waals surface area contributed by atoms with Crippen LogP contribution in [0.2, 0.25) is 0 Å². The number of hydrogen-bond donors (Lipinski definition) is 0. The summed E-state index contributed by atoms with van der Waals surface area (Å²) in [6.45, 7) is 0. The molecule has 4 aromatic heterocycles. The molecule has 4 heterocycles. The standard InChI is InChI=1S/C28H17N3S/c1-2-8-19(9-3-1)31-24-16-27-21(20-10-4-5-12-26(20)32-27)15-22(24)28-25(31)14-18(17-30-28)23-11-6-7-13-29-23/h1-17H. The molecule has 32 heavy (non-hydrogen) atoms. The fourth-order valence-corrected chi connectivity index (χ4v) is 5.75. The number of pyridine rings is 2. The number of para-hydroxylation sites is 1. The third kappa shape index (κ3) is 2.53. The monoisotopic (exact) mass is 427 g/mol. The Balaban J connectivity index is 1.63. The van der Waals surface area contributed by atoms with E-state index < -0.39 is 0 Å². The van der Waals surface area contributed by atoms with Gasteiger partial charge in [-0.15, -0.1) is 11.3 Å². The Morgan fingerprint density at radius 3 is 2.34 bits per heavy atom. The molecule has 0 radical (unpaired) electrons. The first-order valence-electron chi connectivity index (χ1n) is 10.6. The number of thiophene rings is 1. The molecule has 4 heteroatoms. The zero-order valence-corrected chi connectivity index (χ0v) is 17.9. The van der Waals surface area contributed by atoms with Gasteiger partial charge in [-0.05, 0) is 48.5 Å². The maximum absolute atomic E-state index is 4.95. The van der Waals surface area contributed by atoms with Gasteiger partial charge in [0.2, 0.25) is 0 Å². The molecule has 150 valence electrons. The summed E-state index contributed by atoms with van der Waals surface area (Å²) in [4.78, 5) is 9.48. The molecular weight excluding hydrogens is 410 g/mol. The minimum Gasteiger partial charge on any atom is -0.308 e. The molecule has 7 aromatic rings. The Bertz CT molecular complexity index is 1760. The van der Waals surface area contributed by atoms with Crippen molar-refractivity contribution in [2.75, 3.05) is 0 Å². The van der Waals surface area contributed by atoms with Gasteiger partial charge in [0, 0.05) is 49.2 Å². The number of hydrogen-bond acceptors (Lipinski definition) is 3. The van der Waals surface area contributed by atoms with E-state index in [1.165, 1.54) is 31.1 Å². The van der Waals surface area contributed by atoms with E-state index in [9.17, 15) is 0 Å². The van der Waals surface area contributed by atoms with Gasteiger partial charge in [0.15, 0.2) is 0 Å². The fraction of sp³-hybridized carbons (Fsp3) is 0. The normalized spacial score (nSPS) is 11.8. The first-order chi connectivity index (χ1) is 15.9. The van der Waals surface area contributed by atoms with E-state index in [-0.39, 0.29) is 0 Å². The van der Waals surface area contributed by atoms with Crippen LogP contribution in [0.1, 0.15) is 0 Å². The molecule has 3 aromatic carbocycles. The highest BCUT2D eigenvalue weighted by Crippen LogP contribution is 2.40. The van der Waals surface area contributed by atoms with Crippen molar-refractivity contribution in [3.8, 4) is 16.9 Å². The second-order valence-electron chi connectivity index (χ2n) is 7.94. The van der Waals surface area contributed by atoms with Crippen LogP contribution >= 0.6 is 11.3 Å². The van der Waals surface area contributed by atoms with Gasteiger partial charge in [0.05, 0.1) is 22.2 Å². The highest BCUT2D eigenvalue weighted by Gasteiger charge is 2.17. The molecule has 0 spiro atoms. The van der Waals surface area contributed by atoms with Crippen molar-refractivity contribution in [1.82, 2.24) is 14.5 Å². The summed E-state index contributed by atoms with van der Waals surface area (Å²) in [6, 6.07) is 32.0. The van der Waals surface area contributed by atoms with Crippen molar-refractivity contribution >= 4 is 53.4 Å². The summed E-state index contributed by atoms with van der Waals surface area (Å²) < 4.78 is 4.94. The van der Waals surface area contributed by atoms with Gasteiger partial charge in [0.25, 0.3) is 0 Å².